The van der Waals surface area contributed by atoms with Crippen LogP contribution in [-0.2, 0) is 13.1 Å². The summed E-state index contributed by atoms with van der Waals surface area (Å²) in [5.41, 5.74) is 1.16. The lowest BCUT2D eigenvalue weighted by Crippen LogP contribution is -2.27. The average molecular weight is 292 g/mol. The number of rotatable bonds is 6. The maximum absolute atomic E-state index is 11.9. The minimum atomic E-state index is -0.540. The van der Waals surface area contributed by atoms with Gasteiger partial charge < -0.3 is 15.4 Å². The molecule has 2 aromatic heterocycles. The summed E-state index contributed by atoms with van der Waals surface area (Å²) in [6.45, 7) is 5.06. The third kappa shape index (κ3) is 3.44. The maximum Gasteiger partial charge on any atom is 0.390 e. The van der Waals surface area contributed by atoms with Gasteiger partial charge in [-0.3, -0.25) is 9.48 Å². The van der Waals surface area contributed by atoms with E-state index in [1.807, 2.05) is 6.92 Å². The smallest absolute Gasteiger partial charge is 0.358 e. The van der Waals surface area contributed by atoms with Crippen molar-refractivity contribution in [2.45, 2.75) is 26.9 Å². The van der Waals surface area contributed by atoms with Gasteiger partial charge in [-0.25, -0.2) is 0 Å². The molecule has 0 saturated carbocycles. The summed E-state index contributed by atoms with van der Waals surface area (Å²) in [5, 5.41) is 21.2. The van der Waals surface area contributed by atoms with E-state index in [-0.39, 0.29) is 11.7 Å². The Hall–Kier alpha value is -2.71. The number of carbonyl (C=O) groups excluding carboxylic acids is 1. The molecule has 0 aliphatic carbocycles. The van der Waals surface area contributed by atoms with Crippen molar-refractivity contribution in [2.24, 2.45) is 0 Å². The molecule has 0 aliphatic rings. The molecule has 2 aromatic rings. The van der Waals surface area contributed by atoms with E-state index in [2.05, 4.69) is 15.5 Å². The van der Waals surface area contributed by atoms with E-state index >= 15 is 0 Å². The van der Waals surface area contributed by atoms with Crippen molar-refractivity contribution >= 4 is 11.7 Å². The van der Waals surface area contributed by atoms with Crippen LogP contribution in [0.3, 0.4) is 0 Å². The molecule has 2 rings (SSSR count). The molecule has 0 fully saturated rings. The zero-order chi connectivity index (χ0) is 15.4. The van der Waals surface area contributed by atoms with E-state index < -0.39 is 4.92 Å². The van der Waals surface area contributed by atoms with Crippen molar-refractivity contribution in [1.82, 2.24) is 24.9 Å². The van der Waals surface area contributed by atoms with E-state index in [1.165, 1.54) is 16.9 Å². The second kappa shape index (κ2) is 6.16. The molecule has 21 heavy (non-hydrogen) atoms. The highest BCUT2D eigenvalue weighted by Crippen LogP contribution is 2.10. The molecule has 0 atom stereocenters. The van der Waals surface area contributed by atoms with Gasteiger partial charge in [0.1, 0.15) is 0 Å². The molecule has 2 heterocycles. The highest BCUT2D eigenvalue weighted by atomic mass is 16.6. The largest absolute Gasteiger partial charge is 0.390 e. The fraction of sp³-hybridized carbons (Fsp3) is 0.417. The van der Waals surface area contributed by atoms with Gasteiger partial charge in [0, 0.05) is 19.3 Å². The summed E-state index contributed by atoms with van der Waals surface area (Å²) in [6, 6.07) is 1.40. The molecule has 0 spiro atoms. The summed E-state index contributed by atoms with van der Waals surface area (Å²) in [7, 11) is 0. The van der Waals surface area contributed by atoms with Crippen LogP contribution in [0.5, 0.6) is 0 Å². The summed E-state index contributed by atoms with van der Waals surface area (Å²) < 4.78 is 3.16. The molecule has 1 N–H and O–H groups in total. The number of aromatic nitrogens is 4. The second-order valence-corrected chi connectivity index (χ2v) is 4.46. The van der Waals surface area contributed by atoms with Crippen LogP contribution in [0.15, 0.2) is 18.5 Å². The summed E-state index contributed by atoms with van der Waals surface area (Å²) >= 11 is 0. The molecular formula is C12H16N6O3. The van der Waals surface area contributed by atoms with E-state index in [0.29, 0.717) is 30.9 Å². The lowest BCUT2D eigenvalue weighted by Gasteiger charge is -2.02. The fourth-order valence-electron chi connectivity index (χ4n) is 1.84. The molecule has 0 aromatic carbocycles. The van der Waals surface area contributed by atoms with Crippen LogP contribution in [0, 0.1) is 17.0 Å². The molecule has 9 heteroatoms. The van der Waals surface area contributed by atoms with Gasteiger partial charge >= 0.3 is 5.82 Å². The maximum atomic E-state index is 11.9. The molecule has 0 unspecified atom stereocenters. The molecular weight excluding hydrogens is 276 g/mol. The number of hydrogen-bond acceptors (Lipinski definition) is 5. The Morgan fingerprint density at radius 2 is 2.29 bits per heavy atom. The van der Waals surface area contributed by atoms with E-state index in [4.69, 9.17) is 0 Å². The fourth-order valence-corrected chi connectivity index (χ4v) is 1.84. The lowest BCUT2D eigenvalue weighted by molar-refractivity contribution is -0.389. The standard InChI is InChI=1S/C12H16N6O3/c1-3-16-8-10(7-14-16)12(19)13-4-5-17-9(2)6-11(15-17)18(20)21/h6-8H,3-5H2,1-2H3,(H,13,19). The first-order chi connectivity index (χ1) is 10.0. The van der Waals surface area contributed by atoms with Crippen LogP contribution in [0.2, 0.25) is 0 Å². The van der Waals surface area contributed by atoms with Crippen LogP contribution in [0.4, 0.5) is 5.82 Å². The van der Waals surface area contributed by atoms with Crippen LogP contribution >= 0.6 is 0 Å². The number of amides is 1. The summed E-state index contributed by atoms with van der Waals surface area (Å²) in [4.78, 5) is 21.9. The van der Waals surface area contributed by atoms with Gasteiger partial charge in [0.15, 0.2) is 0 Å². The monoisotopic (exact) mass is 292 g/mol. The Balaban J connectivity index is 1.89. The number of aryl methyl sites for hydroxylation is 2. The quantitative estimate of drug-likeness (QED) is 0.624. The zero-order valence-electron chi connectivity index (χ0n) is 11.8. The number of hydrogen-bond donors (Lipinski definition) is 1. The Bertz CT molecular complexity index is 660. The van der Waals surface area contributed by atoms with Crippen molar-refractivity contribution in [3.63, 3.8) is 0 Å². The van der Waals surface area contributed by atoms with Gasteiger partial charge in [0.25, 0.3) is 5.91 Å². The highest BCUT2D eigenvalue weighted by molar-refractivity contribution is 5.93. The van der Waals surface area contributed by atoms with Gasteiger partial charge in [0.2, 0.25) is 0 Å². The number of carbonyl (C=O) groups is 1. The second-order valence-electron chi connectivity index (χ2n) is 4.46. The van der Waals surface area contributed by atoms with Crippen molar-refractivity contribution in [3.05, 3.63) is 39.8 Å². The minimum absolute atomic E-state index is 0.192. The zero-order valence-corrected chi connectivity index (χ0v) is 11.8. The first-order valence-corrected chi connectivity index (χ1v) is 6.50. The van der Waals surface area contributed by atoms with Crippen molar-refractivity contribution in [3.8, 4) is 0 Å². The molecule has 9 nitrogen and oxygen atoms in total. The Morgan fingerprint density at radius 1 is 1.52 bits per heavy atom. The topological polar surface area (TPSA) is 108 Å². The predicted molar refractivity (Wildman–Crippen MR) is 73.9 cm³/mol. The van der Waals surface area contributed by atoms with Gasteiger partial charge in [-0.15, -0.1) is 0 Å². The van der Waals surface area contributed by atoms with E-state index in [9.17, 15) is 14.9 Å². The van der Waals surface area contributed by atoms with Gasteiger partial charge in [-0.2, -0.15) is 9.78 Å². The van der Waals surface area contributed by atoms with Crippen molar-refractivity contribution < 1.29 is 9.72 Å². The summed E-state index contributed by atoms with van der Waals surface area (Å²) in [6.07, 6.45) is 3.17. The van der Waals surface area contributed by atoms with Crippen LogP contribution in [-0.4, -0.2) is 36.9 Å². The number of nitrogens with one attached hydrogen (secondary N) is 1. The van der Waals surface area contributed by atoms with Crippen LogP contribution < -0.4 is 5.32 Å². The van der Waals surface area contributed by atoms with E-state index in [1.54, 1.807) is 17.8 Å². The van der Waals surface area contributed by atoms with Gasteiger partial charge in [0.05, 0.1) is 35.2 Å². The number of nitrogens with zero attached hydrogens (tertiary/aromatic N) is 5. The SMILES string of the molecule is CCn1cc(C(=O)NCCn2nc([N+](=O)[O-])cc2C)cn1. The number of nitro groups is 1. The van der Waals surface area contributed by atoms with Crippen molar-refractivity contribution in [1.29, 1.82) is 0 Å². The third-order valence-electron chi connectivity index (χ3n) is 2.98. The van der Waals surface area contributed by atoms with Gasteiger partial charge in [-0.1, -0.05) is 0 Å². The first-order valence-electron chi connectivity index (χ1n) is 6.50. The third-order valence-corrected chi connectivity index (χ3v) is 2.98. The molecule has 1 amide bonds. The van der Waals surface area contributed by atoms with Crippen LogP contribution in [0.25, 0.3) is 0 Å². The molecule has 0 radical (unpaired) electrons. The van der Waals surface area contributed by atoms with E-state index in [0.717, 1.165) is 0 Å². The first kappa shape index (κ1) is 14.7. The molecule has 0 bridgehead atoms. The Morgan fingerprint density at radius 3 is 2.86 bits per heavy atom. The molecule has 0 aliphatic heterocycles. The summed E-state index contributed by atoms with van der Waals surface area (Å²) in [5.74, 6) is -0.419. The predicted octanol–water partition coefficient (Wildman–Crippen LogP) is 0.746. The molecule has 112 valence electrons. The highest BCUT2D eigenvalue weighted by Gasteiger charge is 2.15. The Labute approximate surface area is 120 Å². The molecule has 0 saturated heterocycles. The van der Waals surface area contributed by atoms with Gasteiger partial charge in [-0.05, 0) is 18.8 Å². The normalized spacial score (nSPS) is 10.6. The lowest BCUT2D eigenvalue weighted by atomic mass is 10.3. The Kier molecular flexibility index (Phi) is 4.31. The van der Waals surface area contributed by atoms with Crippen LogP contribution in [0.1, 0.15) is 23.0 Å². The van der Waals surface area contributed by atoms with Crippen molar-refractivity contribution in [2.75, 3.05) is 6.54 Å². The minimum Gasteiger partial charge on any atom is -0.358 e. The average Bonchev–Trinajstić information content (AvgIpc) is 3.06.